The van der Waals surface area contributed by atoms with Gasteiger partial charge in [0.1, 0.15) is 5.82 Å². The number of pyridine rings is 1. The van der Waals surface area contributed by atoms with Crippen molar-refractivity contribution in [3.8, 4) is 0 Å². The van der Waals surface area contributed by atoms with Gasteiger partial charge in [0.25, 0.3) is 0 Å². The Kier molecular flexibility index (Phi) is 5.62. The molecule has 0 amide bonds. The standard InChI is InChI=1S/C13H20Br2N4/c1-2-11(8-16)18-3-5-19(6-4-18)13-12(15)7-10(14)9-17-13/h7,9,11H,2-6,8,16H2,1H3. The van der Waals surface area contributed by atoms with Gasteiger partial charge >= 0.3 is 0 Å². The highest BCUT2D eigenvalue weighted by atomic mass is 79.9. The number of hydrogen-bond donors (Lipinski definition) is 1. The number of piperazine rings is 1. The minimum atomic E-state index is 0.517. The molecule has 0 aromatic carbocycles. The molecule has 0 saturated carbocycles. The molecule has 0 spiro atoms. The average Bonchev–Trinajstić information content (AvgIpc) is 2.41. The Hall–Kier alpha value is -0.170. The van der Waals surface area contributed by atoms with E-state index in [1.54, 1.807) is 0 Å². The van der Waals surface area contributed by atoms with E-state index in [-0.39, 0.29) is 0 Å². The van der Waals surface area contributed by atoms with E-state index in [1.165, 1.54) is 0 Å². The quantitative estimate of drug-likeness (QED) is 0.856. The van der Waals surface area contributed by atoms with Gasteiger partial charge in [-0.3, -0.25) is 4.90 Å². The average molecular weight is 392 g/mol. The van der Waals surface area contributed by atoms with Crippen molar-refractivity contribution in [2.24, 2.45) is 5.73 Å². The van der Waals surface area contributed by atoms with E-state index in [0.29, 0.717) is 6.04 Å². The van der Waals surface area contributed by atoms with Crippen LogP contribution in [-0.4, -0.2) is 48.6 Å². The molecule has 2 heterocycles. The van der Waals surface area contributed by atoms with Gasteiger partial charge in [0.05, 0.1) is 4.47 Å². The number of nitrogens with two attached hydrogens (primary N) is 1. The number of rotatable bonds is 4. The van der Waals surface area contributed by atoms with E-state index < -0.39 is 0 Å². The van der Waals surface area contributed by atoms with Gasteiger partial charge in [0.2, 0.25) is 0 Å². The summed E-state index contributed by atoms with van der Waals surface area (Å²) in [6.45, 7) is 7.07. The van der Waals surface area contributed by atoms with Crippen molar-refractivity contribution in [3.05, 3.63) is 21.2 Å². The van der Waals surface area contributed by atoms with Crippen molar-refractivity contribution < 1.29 is 0 Å². The molecular weight excluding hydrogens is 372 g/mol. The molecular formula is C13H20Br2N4. The summed E-state index contributed by atoms with van der Waals surface area (Å²) in [5.74, 6) is 1.03. The number of halogens is 2. The predicted molar refractivity (Wildman–Crippen MR) is 86.6 cm³/mol. The molecule has 0 bridgehead atoms. The summed E-state index contributed by atoms with van der Waals surface area (Å²) in [7, 11) is 0. The summed E-state index contributed by atoms with van der Waals surface area (Å²) in [5, 5.41) is 0. The Labute approximate surface area is 131 Å². The molecule has 1 aliphatic rings. The molecule has 1 aromatic heterocycles. The fourth-order valence-electron chi connectivity index (χ4n) is 2.51. The van der Waals surface area contributed by atoms with Gasteiger partial charge in [-0.1, -0.05) is 6.92 Å². The second-order valence-electron chi connectivity index (χ2n) is 4.78. The number of hydrogen-bond acceptors (Lipinski definition) is 4. The molecule has 6 heteroatoms. The molecule has 1 fully saturated rings. The predicted octanol–water partition coefficient (Wildman–Crippen LogP) is 2.47. The van der Waals surface area contributed by atoms with Crippen LogP contribution in [0, 0.1) is 0 Å². The van der Waals surface area contributed by atoms with Crippen LogP contribution in [-0.2, 0) is 0 Å². The smallest absolute Gasteiger partial charge is 0.143 e. The second-order valence-corrected chi connectivity index (χ2v) is 6.55. The first-order chi connectivity index (χ1) is 9.15. The van der Waals surface area contributed by atoms with Crippen LogP contribution in [0.4, 0.5) is 5.82 Å². The van der Waals surface area contributed by atoms with Crippen molar-refractivity contribution in [1.82, 2.24) is 9.88 Å². The molecule has 106 valence electrons. The van der Waals surface area contributed by atoms with E-state index in [9.17, 15) is 0 Å². The van der Waals surface area contributed by atoms with Crippen LogP contribution in [0.5, 0.6) is 0 Å². The molecule has 0 aliphatic carbocycles. The van der Waals surface area contributed by atoms with Gasteiger partial charge in [-0.15, -0.1) is 0 Å². The summed E-state index contributed by atoms with van der Waals surface area (Å²) in [6.07, 6.45) is 2.97. The summed E-state index contributed by atoms with van der Waals surface area (Å²) < 4.78 is 2.04. The lowest BCUT2D eigenvalue weighted by Gasteiger charge is -2.39. The third-order valence-corrected chi connectivity index (χ3v) is 4.68. The molecule has 1 aromatic rings. The summed E-state index contributed by atoms with van der Waals surface area (Å²) in [5.41, 5.74) is 5.82. The molecule has 1 saturated heterocycles. The Bertz CT molecular complexity index is 415. The molecule has 1 unspecified atom stereocenters. The zero-order valence-electron chi connectivity index (χ0n) is 11.1. The van der Waals surface area contributed by atoms with Crippen molar-refractivity contribution in [2.45, 2.75) is 19.4 Å². The van der Waals surface area contributed by atoms with E-state index in [2.05, 4.69) is 53.6 Å². The first kappa shape index (κ1) is 15.2. The summed E-state index contributed by atoms with van der Waals surface area (Å²) in [4.78, 5) is 9.32. The Morgan fingerprint density at radius 3 is 2.53 bits per heavy atom. The number of nitrogens with zero attached hydrogens (tertiary/aromatic N) is 3. The zero-order chi connectivity index (χ0) is 13.8. The largest absolute Gasteiger partial charge is 0.353 e. The van der Waals surface area contributed by atoms with Crippen molar-refractivity contribution >= 4 is 37.7 Å². The Balaban J connectivity index is 1.99. The maximum absolute atomic E-state index is 5.82. The Morgan fingerprint density at radius 2 is 2.00 bits per heavy atom. The minimum Gasteiger partial charge on any atom is -0.353 e. The van der Waals surface area contributed by atoms with E-state index >= 15 is 0 Å². The number of aromatic nitrogens is 1. The normalized spacial score (nSPS) is 18.6. The van der Waals surface area contributed by atoms with Gasteiger partial charge in [-0.2, -0.15) is 0 Å². The van der Waals surface area contributed by atoms with E-state index in [1.807, 2.05) is 12.3 Å². The maximum atomic E-state index is 5.82. The zero-order valence-corrected chi connectivity index (χ0v) is 14.3. The third-order valence-electron chi connectivity index (χ3n) is 3.66. The SMILES string of the molecule is CCC(CN)N1CCN(c2ncc(Br)cc2Br)CC1. The lowest BCUT2D eigenvalue weighted by Crippen LogP contribution is -2.52. The lowest BCUT2D eigenvalue weighted by atomic mass is 10.1. The van der Waals surface area contributed by atoms with E-state index in [4.69, 9.17) is 5.73 Å². The second kappa shape index (κ2) is 7.02. The van der Waals surface area contributed by atoms with Crippen LogP contribution in [0.25, 0.3) is 0 Å². The molecule has 1 atom stereocenters. The molecule has 2 N–H and O–H groups in total. The van der Waals surface area contributed by atoms with Crippen LogP contribution in [0.1, 0.15) is 13.3 Å². The highest BCUT2D eigenvalue weighted by Crippen LogP contribution is 2.27. The lowest BCUT2D eigenvalue weighted by molar-refractivity contribution is 0.184. The van der Waals surface area contributed by atoms with Crippen LogP contribution in [0.3, 0.4) is 0 Å². The van der Waals surface area contributed by atoms with Crippen molar-refractivity contribution in [2.75, 3.05) is 37.6 Å². The van der Waals surface area contributed by atoms with Crippen LogP contribution < -0.4 is 10.6 Å². The summed E-state index contributed by atoms with van der Waals surface area (Å²) >= 11 is 7.02. The maximum Gasteiger partial charge on any atom is 0.143 e. The molecule has 19 heavy (non-hydrogen) atoms. The Morgan fingerprint density at radius 1 is 1.32 bits per heavy atom. The van der Waals surface area contributed by atoms with Gasteiger partial charge in [0.15, 0.2) is 0 Å². The highest BCUT2D eigenvalue weighted by molar-refractivity contribution is 9.11. The van der Waals surface area contributed by atoms with Crippen molar-refractivity contribution in [1.29, 1.82) is 0 Å². The van der Waals surface area contributed by atoms with E-state index in [0.717, 1.165) is 53.9 Å². The van der Waals surface area contributed by atoms with Crippen LogP contribution in [0.15, 0.2) is 21.2 Å². The van der Waals surface area contributed by atoms with Gasteiger partial charge in [0, 0.05) is 49.4 Å². The molecule has 1 aliphatic heterocycles. The molecule has 0 radical (unpaired) electrons. The first-order valence-corrected chi connectivity index (χ1v) is 8.24. The van der Waals surface area contributed by atoms with Crippen molar-refractivity contribution in [3.63, 3.8) is 0 Å². The van der Waals surface area contributed by atoms with Crippen LogP contribution >= 0.6 is 31.9 Å². The fourth-order valence-corrected chi connectivity index (χ4v) is 3.75. The molecule has 2 rings (SSSR count). The van der Waals surface area contributed by atoms with Crippen LogP contribution in [0.2, 0.25) is 0 Å². The highest BCUT2D eigenvalue weighted by Gasteiger charge is 2.23. The number of anilines is 1. The fraction of sp³-hybridized carbons (Fsp3) is 0.615. The monoisotopic (exact) mass is 390 g/mol. The molecule has 4 nitrogen and oxygen atoms in total. The minimum absolute atomic E-state index is 0.517. The van der Waals surface area contributed by atoms with Gasteiger partial charge < -0.3 is 10.6 Å². The third kappa shape index (κ3) is 3.68. The topological polar surface area (TPSA) is 45.4 Å². The van der Waals surface area contributed by atoms with Gasteiger partial charge in [-0.25, -0.2) is 4.98 Å². The van der Waals surface area contributed by atoms with Gasteiger partial charge in [-0.05, 0) is 44.3 Å². The summed E-state index contributed by atoms with van der Waals surface area (Å²) in [6, 6.07) is 2.56. The first-order valence-electron chi connectivity index (χ1n) is 6.65.